The molecule has 0 atom stereocenters. The predicted octanol–water partition coefficient (Wildman–Crippen LogP) is 1.26. The third kappa shape index (κ3) is 3.45. The number of nitriles is 1. The second-order valence-electron chi connectivity index (χ2n) is 3.94. The van der Waals surface area contributed by atoms with Crippen LogP contribution in [0.2, 0.25) is 0 Å². The molecule has 0 spiro atoms. The van der Waals surface area contributed by atoms with Crippen LogP contribution in [-0.2, 0) is 4.79 Å². The highest BCUT2D eigenvalue weighted by atomic mass is 16.2. The van der Waals surface area contributed by atoms with E-state index in [0.717, 1.165) is 18.8 Å². The largest absolute Gasteiger partial charge is 0.364 e. The Balaban J connectivity index is 2.67. The Morgan fingerprint density at radius 2 is 2.06 bits per heavy atom. The molecule has 0 saturated carbocycles. The summed E-state index contributed by atoms with van der Waals surface area (Å²) in [7, 11) is 1.84. The van der Waals surface area contributed by atoms with E-state index in [1.807, 2.05) is 31.9 Å². The minimum Gasteiger partial charge on any atom is -0.364 e. The lowest BCUT2D eigenvalue weighted by Crippen LogP contribution is -2.38. The fourth-order valence-electron chi connectivity index (χ4n) is 1.65. The number of nitrogens with zero attached hydrogens (tertiary/aromatic N) is 4. The summed E-state index contributed by atoms with van der Waals surface area (Å²) in [5.74, 6) is 0.0897. The summed E-state index contributed by atoms with van der Waals surface area (Å²) in [6.07, 6.45) is 1.61. The summed E-state index contributed by atoms with van der Waals surface area (Å²) in [5, 5.41) is 8.66. The number of carbonyl (C=O) groups is 1. The van der Waals surface area contributed by atoms with E-state index in [1.54, 1.807) is 23.2 Å². The molecule has 5 nitrogen and oxygen atoms in total. The van der Waals surface area contributed by atoms with Crippen LogP contribution in [0.4, 0.5) is 5.69 Å². The summed E-state index contributed by atoms with van der Waals surface area (Å²) in [4.78, 5) is 19.5. The van der Waals surface area contributed by atoms with Gasteiger partial charge in [-0.1, -0.05) is 0 Å². The van der Waals surface area contributed by atoms with Crippen LogP contribution in [0.5, 0.6) is 0 Å². The van der Waals surface area contributed by atoms with Crippen LogP contribution in [0, 0.1) is 11.3 Å². The molecule has 1 amide bonds. The van der Waals surface area contributed by atoms with Crippen LogP contribution in [0.15, 0.2) is 18.3 Å². The number of hydrogen-bond acceptors (Lipinski definition) is 4. The fourth-order valence-corrected chi connectivity index (χ4v) is 1.65. The van der Waals surface area contributed by atoms with Crippen LogP contribution in [0.25, 0.3) is 0 Å². The maximum absolute atomic E-state index is 11.9. The molecule has 0 aliphatic heterocycles. The number of carbonyl (C=O) groups excluding carboxylic acids is 1. The molecule has 18 heavy (non-hydrogen) atoms. The molecular weight excluding hydrogens is 228 g/mol. The van der Waals surface area contributed by atoms with Crippen LogP contribution in [-0.4, -0.2) is 42.5 Å². The fraction of sp³-hybridized carbons (Fsp3) is 0.462. The Labute approximate surface area is 108 Å². The molecule has 0 saturated heterocycles. The van der Waals surface area contributed by atoms with Crippen LogP contribution in [0.3, 0.4) is 0 Å². The summed E-state index contributed by atoms with van der Waals surface area (Å²) >= 11 is 0. The first-order valence-electron chi connectivity index (χ1n) is 5.97. The van der Waals surface area contributed by atoms with Gasteiger partial charge in [-0.3, -0.25) is 4.79 Å². The molecule has 1 aromatic rings. The molecule has 96 valence electrons. The first kappa shape index (κ1) is 14.0. The average molecular weight is 246 g/mol. The van der Waals surface area contributed by atoms with Crippen molar-refractivity contribution < 1.29 is 4.79 Å². The standard InChI is InChI=1S/C13H18N4O/c1-4-17(5-2)13(18)10-16(3)12-7-6-11(8-14)15-9-12/h6-7,9H,4-5,10H2,1-3H3. The van der Waals surface area contributed by atoms with E-state index in [4.69, 9.17) is 5.26 Å². The summed E-state index contributed by atoms with van der Waals surface area (Å²) in [6, 6.07) is 5.40. The molecule has 1 aromatic heterocycles. The lowest BCUT2D eigenvalue weighted by atomic mass is 10.3. The zero-order valence-electron chi connectivity index (χ0n) is 11.1. The number of aromatic nitrogens is 1. The van der Waals surface area contributed by atoms with E-state index < -0.39 is 0 Å². The van der Waals surface area contributed by atoms with Crippen molar-refractivity contribution in [2.75, 3.05) is 31.6 Å². The molecule has 0 fully saturated rings. The van der Waals surface area contributed by atoms with Crippen LogP contribution in [0.1, 0.15) is 19.5 Å². The quantitative estimate of drug-likeness (QED) is 0.784. The van der Waals surface area contributed by atoms with E-state index >= 15 is 0 Å². The van der Waals surface area contributed by atoms with Crippen molar-refractivity contribution in [3.05, 3.63) is 24.0 Å². The summed E-state index contributed by atoms with van der Waals surface area (Å²) in [6.45, 7) is 5.67. The molecule has 0 aliphatic carbocycles. The van der Waals surface area contributed by atoms with Gasteiger partial charge in [-0.2, -0.15) is 5.26 Å². The smallest absolute Gasteiger partial charge is 0.242 e. The average Bonchev–Trinajstić information content (AvgIpc) is 2.40. The molecule has 0 radical (unpaired) electrons. The van der Waals surface area contributed by atoms with Crippen molar-refractivity contribution in [2.45, 2.75) is 13.8 Å². The monoisotopic (exact) mass is 246 g/mol. The van der Waals surface area contributed by atoms with Gasteiger partial charge in [-0.15, -0.1) is 0 Å². The van der Waals surface area contributed by atoms with Gasteiger partial charge >= 0.3 is 0 Å². The first-order valence-corrected chi connectivity index (χ1v) is 5.97. The van der Waals surface area contributed by atoms with Crippen LogP contribution < -0.4 is 4.90 Å². The van der Waals surface area contributed by atoms with E-state index in [2.05, 4.69) is 4.98 Å². The normalized spacial score (nSPS) is 9.67. The van der Waals surface area contributed by atoms with Crippen molar-refractivity contribution in [2.24, 2.45) is 0 Å². The van der Waals surface area contributed by atoms with Crippen LogP contribution >= 0.6 is 0 Å². The Kier molecular flexibility index (Phi) is 5.12. The van der Waals surface area contributed by atoms with Crippen molar-refractivity contribution in [1.82, 2.24) is 9.88 Å². The summed E-state index contributed by atoms with van der Waals surface area (Å²) in [5.41, 5.74) is 1.21. The van der Waals surface area contributed by atoms with Gasteiger partial charge < -0.3 is 9.80 Å². The highest BCUT2D eigenvalue weighted by Gasteiger charge is 2.12. The third-order valence-electron chi connectivity index (χ3n) is 2.79. The maximum atomic E-state index is 11.9. The Morgan fingerprint density at radius 1 is 1.39 bits per heavy atom. The molecular formula is C13H18N4O. The molecule has 0 bridgehead atoms. The van der Waals surface area contributed by atoms with Crippen molar-refractivity contribution >= 4 is 11.6 Å². The SMILES string of the molecule is CCN(CC)C(=O)CN(C)c1ccc(C#N)nc1. The van der Waals surface area contributed by atoms with E-state index in [9.17, 15) is 4.79 Å². The van der Waals surface area contributed by atoms with E-state index in [-0.39, 0.29) is 5.91 Å². The predicted molar refractivity (Wildman–Crippen MR) is 70.2 cm³/mol. The number of anilines is 1. The van der Waals surface area contributed by atoms with Gasteiger partial charge in [-0.25, -0.2) is 4.98 Å². The Morgan fingerprint density at radius 3 is 2.50 bits per heavy atom. The number of hydrogen-bond donors (Lipinski definition) is 0. The number of likely N-dealkylation sites (N-methyl/N-ethyl adjacent to an activating group) is 2. The molecule has 5 heteroatoms. The highest BCUT2D eigenvalue weighted by Crippen LogP contribution is 2.11. The number of amides is 1. The molecule has 0 unspecified atom stereocenters. The number of rotatable bonds is 5. The zero-order chi connectivity index (χ0) is 13.5. The molecule has 0 N–H and O–H groups in total. The second kappa shape index (κ2) is 6.60. The van der Waals surface area contributed by atoms with Gasteiger partial charge in [0, 0.05) is 20.1 Å². The second-order valence-corrected chi connectivity index (χ2v) is 3.94. The first-order chi connectivity index (χ1) is 8.62. The number of pyridine rings is 1. The maximum Gasteiger partial charge on any atom is 0.242 e. The lowest BCUT2D eigenvalue weighted by Gasteiger charge is -2.24. The zero-order valence-corrected chi connectivity index (χ0v) is 11.1. The molecule has 1 heterocycles. The summed E-state index contributed by atoms with van der Waals surface area (Å²) < 4.78 is 0. The topological polar surface area (TPSA) is 60.2 Å². The minimum absolute atomic E-state index is 0.0897. The van der Waals surface area contributed by atoms with Crippen molar-refractivity contribution in [3.8, 4) is 6.07 Å². The lowest BCUT2D eigenvalue weighted by molar-refractivity contribution is -0.129. The van der Waals surface area contributed by atoms with Gasteiger partial charge in [0.25, 0.3) is 0 Å². The van der Waals surface area contributed by atoms with Crippen molar-refractivity contribution in [3.63, 3.8) is 0 Å². The van der Waals surface area contributed by atoms with Gasteiger partial charge in [-0.05, 0) is 26.0 Å². The molecule has 0 aromatic carbocycles. The van der Waals surface area contributed by atoms with E-state index in [1.165, 1.54) is 0 Å². The van der Waals surface area contributed by atoms with Gasteiger partial charge in [0.15, 0.2) is 0 Å². The third-order valence-corrected chi connectivity index (χ3v) is 2.79. The van der Waals surface area contributed by atoms with E-state index in [0.29, 0.717) is 12.2 Å². The van der Waals surface area contributed by atoms with Crippen molar-refractivity contribution in [1.29, 1.82) is 5.26 Å². The van der Waals surface area contributed by atoms with Gasteiger partial charge in [0.1, 0.15) is 11.8 Å². The molecule has 1 rings (SSSR count). The Hall–Kier alpha value is -2.09. The van der Waals surface area contributed by atoms with Gasteiger partial charge in [0.2, 0.25) is 5.91 Å². The molecule has 0 aliphatic rings. The highest BCUT2D eigenvalue weighted by molar-refractivity contribution is 5.81. The minimum atomic E-state index is 0.0897. The van der Waals surface area contributed by atoms with Gasteiger partial charge in [0.05, 0.1) is 18.4 Å². The Bertz CT molecular complexity index is 431.